The van der Waals surface area contributed by atoms with E-state index in [1.165, 1.54) is 12.0 Å². The maximum absolute atomic E-state index is 3.39. The molecule has 1 heteroatoms. The molecule has 0 radical (unpaired) electrons. The van der Waals surface area contributed by atoms with Crippen LogP contribution in [-0.4, -0.2) is 13.1 Å². The normalized spacial score (nSPS) is 9.40. The predicted octanol–water partition coefficient (Wildman–Crippen LogP) is 2.62. The Hall–Kier alpha value is -1.26. The molecule has 0 aliphatic rings. The van der Waals surface area contributed by atoms with Gasteiger partial charge in [0, 0.05) is 13.0 Å². The van der Waals surface area contributed by atoms with Crippen molar-refractivity contribution in [3.05, 3.63) is 35.9 Å². The van der Waals surface area contributed by atoms with Crippen molar-refractivity contribution < 1.29 is 0 Å². The Bertz CT molecular complexity index is 305. The van der Waals surface area contributed by atoms with Gasteiger partial charge in [0.15, 0.2) is 0 Å². The maximum Gasteiger partial charge on any atom is 0.0214 e. The highest BCUT2D eigenvalue weighted by Crippen LogP contribution is 2.01. The van der Waals surface area contributed by atoms with Gasteiger partial charge in [0.2, 0.25) is 0 Å². The molecular formula is C14H19N. The van der Waals surface area contributed by atoms with Crippen LogP contribution in [0.2, 0.25) is 0 Å². The Labute approximate surface area is 92.9 Å². The van der Waals surface area contributed by atoms with Gasteiger partial charge < -0.3 is 5.32 Å². The Morgan fingerprint density at radius 2 is 1.93 bits per heavy atom. The lowest BCUT2D eigenvalue weighted by molar-refractivity contribution is 0.656. The second-order valence-corrected chi connectivity index (χ2v) is 3.52. The lowest BCUT2D eigenvalue weighted by atomic mass is 10.1. The van der Waals surface area contributed by atoms with Crippen LogP contribution in [0.15, 0.2) is 30.3 Å². The van der Waals surface area contributed by atoms with Crippen LogP contribution in [0.5, 0.6) is 0 Å². The molecule has 1 N–H and O–H groups in total. The maximum atomic E-state index is 3.39. The molecule has 0 amide bonds. The second kappa shape index (κ2) is 8.08. The molecular weight excluding hydrogens is 182 g/mol. The third-order valence-electron chi connectivity index (χ3n) is 2.27. The summed E-state index contributed by atoms with van der Waals surface area (Å²) in [5.41, 5.74) is 1.42. The number of benzene rings is 1. The molecule has 0 bridgehead atoms. The van der Waals surface area contributed by atoms with E-state index < -0.39 is 0 Å². The van der Waals surface area contributed by atoms with Gasteiger partial charge in [-0.25, -0.2) is 0 Å². The largest absolute Gasteiger partial charge is 0.316 e. The van der Waals surface area contributed by atoms with Gasteiger partial charge in [0.05, 0.1) is 0 Å². The van der Waals surface area contributed by atoms with Crippen LogP contribution < -0.4 is 5.32 Å². The zero-order chi connectivity index (χ0) is 10.8. The molecule has 1 aromatic carbocycles. The number of hydrogen-bond acceptors (Lipinski definition) is 1. The van der Waals surface area contributed by atoms with Crippen LogP contribution in [0.4, 0.5) is 0 Å². The summed E-state index contributed by atoms with van der Waals surface area (Å²) in [6.45, 7) is 3.98. The third kappa shape index (κ3) is 5.93. The van der Waals surface area contributed by atoms with Crippen molar-refractivity contribution in [2.75, 3.05) is 13.1 Å². The van der Waals surface area contributed by atoms with E-state index in [4.69, 9.17) is 0 Å². The van der Waals surface area contributed by atoms with E-state index in [0.717, 1.165) is 25.9 Å². The minimum Gasteiger partial charge on any atom is -0.316 e. The first-order chi connectivity index (χ1) is 7.43. The molecule has 80 valence electrons. The molecule has 0 spiro atoms. The zero-order valence-corrected chi connectivity index (χ0v) is 9.42. The Morgan fingerprint density at radius 3 is 2.67 bits per heavy atom. The van der Waals surface area contributed by atoms with Crippen molar-refractivity contribution in [1.29, 1.82) is 0 Å². The number of aryl methyl sites for hydroxylation is 1. The van der Waals surface area contributed by atoms with Crippen LogP contribution in [0.1, 0.15) is 25.3 Å². The summed E-state index contributed by atoms with van der Waals surface area (Å²) < 4.78 is 0. The van der Waals surface area contributed by atoms with E-state index in [0.29, 0.717) is 0 Å². The highest BCUT2D eigenvalue weighted by molar-refractivity contribution is 5.14. The van der Waals surface area contributed by atoms with Crippen molar-refractivity contribution in [2.45, 2.75) is 26.2 Å². The Morgan fingerprint density at radius 1 is 1.13 bits per heavy atom. The summed E-state index contributed by atoms with van der Waals surface area (Å²) in [6.07, 6.45) is 3.32. The fourth-order valence-corrected chi connectivity index (χ4v) is 1.46. The molecule has 0 saturated carbocycles. The molecule has 0 unspecified atom stereocenters. The van der Waals surface area contributed by atoms with Gasteiger partial charge in [-0.3, -0.25) is 0 Å². The molecule has 1 rings (SSSR count). The SMILES string of the molecule is CC#CCCNCCCc1ccccc1. The number of nitrogens with one attached hydrogen (secondary N) is 1. The Balaban J connectivity index is 1.99. The zero-order valence-electron chi connectivity index (χ0n) is 9.42. The topological polar surface area (TPSA) is 12.0 Å². The molecule has 15 heavy (non-hydrogen) atoms. The monoisotopic (exact) mass is 201 g/mol. The predicted molar refractivity (Wildman–Crippen MR) is 65.7 cm³/mol. The van der Waals surface area contributed by atoms with E-state index >= 15 is 0 Å². The van der Waals surface area contributed by atoms with E-state index in [2.05, 4.69) is 47.5 Å². The highest BCUT2D eigenvalue weighted by Gasteiger charge is 1.91. The van der Waals surface area contributed by atoms with Crippen molar-refractivity contribution in [3.63, 3.8) is 0 Å². The highest BCUT2D eigenvalue weighted by atomic mass is 14.8. The molecule has 0 aliphatic heterocycles. The fourth-order valence-electron chi connectivity index (χ4n) is 1.46. The summed E-state index contributed by atoms with van der Waals surface area (Å²) in [5.74, 6) is 5.94. The lowest BCUT2D eigenvalue weighted by Gasteiger charge is -2.02. The quantitative estimate of drug-likeness (QED) is 0.551. The summed E-state index contributed by atoms with van der Waals surface area (Å²) in [5, 5.41) is 3.39. The van der Waals surface area contributed by atoms with E-state index in [-0.39, 0.29) is 0 Å². The molecule has 0 heterocycles. The standard InChI is InChI=1S/C14H19N/c1-2-3-7-12-15-13-8-11-14-9-5-4-6-10-14/h4-6,9-10,15H,7-8,11-13H2,1H3. The second-order valence-electron chi connectivity index (χ2n) is 3.52. The van der Waals surface area contributed by atoms with Crippen LogP contribution in [0, 0.1) is 11.8 Å². The molecule has 0 saturated heterocycles. The summed E-state index contributed by atoms with van der Waals surface area (Å²) in [6, 6.07) is 10.6. The van der Waals surface area contributed by atoms with Gasteiger partial charge in [0.25, 0.3) is 0 Å². The average molecular weight is 201 g/mol. The first-order valence-corrected chi connectivity index (χ1v) is 5.57. The molecule has 1 nitrogen and oxygen atoms in total. The Kier molecular flexibility index (Phi) is 6.36. The van der Waals surface area contributed by atoms with E-state index in [1.807, 2.05) is 6.92 Å². The minimum atomic E-state index is 0.960. The third-order valence-corrected chi connectivity index (χ3v) is 2.27. The molecule has 0 aromatic heterocycles. The summed E-state index contributed by atoms with van der Waals surface area (Å²) in [7, 11) is 0. The summed E-state index contributed by atoms with van der Waals surface area (Å²) in [4.78, 5) is 0. The van der Waals surface area contributed by atoms with Gasteiger partial charge in [-0.05, 0) is 31.9 Å². The number of hydrogen-bond donors (Lipinski definition) is 1. The van der Waals surface area contributed by atoms with Gasteiger partial charge in [-0.2, -0.15) is 0 Å². The molecule has 0 fully saturated rings. The van der Waals surface area contributed by atoms with Gasteiger partial charge in [0.1, 0.15) is 0 Å². The van der Waals surface area contributed by atoms with Gasteiger partial charge in [-0.15, -0.1) is 11.8 Å². The minimum absolute atomic E-state index is 0.960. The number of rotatable bonds is 6. The van der Waals surface area contributed by atoms with E-state index in [1.54, 1.807) is 0 Å². The first kappa shape index (κ1) is 11.8. The molecule has 0 atom stereocenters. The first-order valence-electron chi connectivity index (χ1n) is 5.57. The average Bonchev–Trinajstić information content (AvgIpc) is 2.29. The van der Waals surface area contributed by atoms with Crippen LogP contribution in [0.3, 0.4) is 0 Å². The van der Waals surface area contributed by atoms with Crippen molar-refractivity contribution >= 4 is 0 Å². The van der Waals surface area contributed by atoms with Crippen molar-refractivity contribution in [1.82, 2.24) is 5.32 Å². The van der Waals surface area contributed by atoms with E-state index in [9.17, 15) is 0 Å². The molecule has 0 aliphatic carbocycles. The van der Waals surface area contributed by atoms with Crippen molar-refractivity contribution in [2.24, 2.45) is 0 Å². The summed E-state index contributed by atoms with van der Waals surface area (Å²) >= 11 is 0. The smallest absolute Gasteiger partial charge is 0.0214 e. The molecule has 1 aromatic rings. The lowest BCUT2D eigenvalue weighted by Crippen LogP contribution is -2.16. The van der Waals surface area contributed by atoms with Crippen LogP contribution >= 0.6 is 0 Å². The van der Waals surface area contributed by atoms with Crippen LogP contribution in [0.25, 0.3) is 0 Å². The van der Waals surface area contributed by atoms with Gasteiger partial charge >= 0.3 is 0 Å². The fraction of sp³-hybridized carbons (Fsp3) is 0.429. The van der Waals surface area contributed by atoms with Crippen LogP contribution in [-0.2, 0) is 6.42 Å². The van der Waals surface area contributed by atoms with Crippen molar-refractivity contribution in [3.8, 4) is 11.8 Å². The van der Waals surface area contributed by atoms with Gasteiger partial charge in [-0.1, -0.05) is 30.3 Å².